The molecule has 0 atom stereocenters. The van der Waals surface area contributed by atoms with Gasteiger partial charge in [-0.05, 0) is 165 Å². The molecule has 6 aromatic rings. The molecule has 3 aliphatic carbocycles. The quantitative estimate of drug-likeness (QED) is 0.0855. The zero-order chi connectivity index (χ0) is 56.3. The van der Waals surface area contributed by atoms with E-state index in [1.54, 1.807) is 32.3 Å². The minimum absolute atomic E-state index is 0.583. The Bertz CT molecular complexity index is 2990. The van der Waals surface area contributed by atoms with Crippen molar-refractivity contribution in [1.82, 2.24) is 0 Å². The van der Waals surface area contributed by atoms with Gasteiger partial charge in [0.05, 0.1) is 24.2 Å². The summed E-state index contributed by atoms with van der Waals surface area (Å²) < 4.78 is 7.13. The molecule has 0 saturated heterocycles. The predicted molar refractivity (Wildman–Crippen MR) is 343 cm³/mol. The smallest absolute Gasteiger partial charge is 0.201 e. The monoisotopic (exact) mass is 1080 g/mol. The average molecular weight is 1090 g/mol. The van der Waals surface area contributed by atoms with Gasteiger partial charge >= 0.3 is 0 Å². The highest BCUT2D eigenvalue weighted by atomic mass is 28.3. The van der Waals surface area contributed by atoms with E-state index in [0.29, 0.717) is 11.8 Å². The number of aromatic nitrogens is 3. The molecule has 3 heterocycles. The first kappa shape index (κ1) is 60.4. The molecule has 6 heteroatoms. The third-order valence-corrected chi connectivity index (χ3v) is 23.9. The van der Waals surface area contributed by atoms with Crippen LogP contribution in [0.2, 0.25) is 58.9 Å². The molecular formula is C71H106N3Si3+3. The number of rotatable bonds is 12. The fourth-order valence-electron chi connectivity index (χ4n) is 13.4. The highest BCUT2D eigenvalue weighted by Crippen LogP contribution is 2.39. The largest absolute Gasteiger partial charge is 0.212 e. The number of nitrogens with zero attached hydrogens (tertiary/aromatic N) is 3. The maximum absolute atomic E-state index is 2.55. The maximum atomic E-state index is 2.55. The fraction of sp³-hybridized carbons (Fsp3) is 0.535. The Morgan fingerprint density at radius 2 is 0.740 bits per heavy atom. The Kier molecular flexibility index (Phi) is 19.7. The lowest BCUT2D eigenvalue weighted by Crippen LogP contribution is -2.47. The Hall–Kier alpha value is -4.24. The van der Waals surface area contributed by atoms with Crippen LogP contribution in [0.25, 0.3) is 33.8 Å². The molecule has 0 unspecified atom stereocenters. The lowest BCUT2D eigenvalue weighted by molar-refractivity contribution is -0.659. The molecule has 0 radical (unpaired) electrons. The van der Waals surface area contributed by atoms with Crippen molar-refractivity contribution in [3.05, 3.63) is 141 Å². The second kappa shape index (κ2) is 25.1. The summed E-state index contributed by atoms with van der Waals surface area (Å²) in [5, 5.41) is 4.98. The van der Waals surface area contributed by atoms with Crippen molar-refractivity contribution < 1.29 is 13.7 Å². The first-order chi connectivity index (χ1) is 36.1. The van der Waals surface area contributed by atoms with Gasteiger partial charge in [-0.2, -0.15) is 0 Å². The van der Waals surface area contributed by atoms with Crippen LogP contribution in [0.1, 0.15) is 178 Å². The Labute approximate surface area is 474 Å². The van der Waals surface area contributed by atoms with E-state index in [1.165, 1.54) is 144 Å². The molecule has 3 fully saturated rings. The van der Waals surface area contributed by atoms with Crippen LogP contribution in [0.15, 0.2) is 91.4 Å². The zero-order valence-corrected chi connectivity index (χ0v) is 55.6. The molecule has 3 saturated carbocycles. The molecule has 414 valence electrons. The summed E-state index contributed by atoms with van der Waals surface area (Å²) in [4.78, 5) is 0. The van der Waals surface area contributed by atoms with E-state index < -0.39 is 24.2 Å². The average Bonchev–Trinajstić information content (AvgIpc) is 4.18. The second-order valence-electron chi connectivity index (χ2n) is 28.4. The lowest BCUT2D eigenvalue weighted by atomic mass is 9.93. The van der Waals surface area contributed by atoms with Crippen molar-refractivity contribution in [2.45, 2.75) is 221 Å². The van der Waals surface area contributed by atoms with Gasteiger partial charge in [-0.3, -0.25) is 0 Å². The molecule has 3 aromatic carbocycles. The summed E-state index contributed by atoms with van der Waals surface area (Å²) in [5.74, 6) is 3.60. The van der Waals surface area contributed by atoms with E-state index in [0.717, 1.165) is 24.2 Å². The van der Waals surface area contributed by atoms with Gasteiger partial charge < -0.3 is 0 Å². The van der Waals surface area contributed by atoms with E-state index in [-0.39, 0.29) is 0 Å². The van der Waals surface area contributed by atoms with Crippen LogP contribution < -0.4 is 29.3 Å². The number of benzene rings is 3. The first-order valence-corrected chi connectivity index (χ1v) is 41.0. The van der Waals surface area contributed by atoms with Crippen molar-refractivity contribution in [2.24, 2.45) is 27.1 Å². The Balaban J connectivity index is 0.000000168. The first-order valence-electron chi connectivity index (χ1n) is 30.5. The Morgan fingerprint density at radius 1 is 0.416 bits per heavy atom. The summed E-state index contributed by atoms with van der Waals surface area (Å²) in [6.45, 7) is 40.5. The van der Waals surface area contributed by atoms with Gasteiger partial charge in [-0.1, -0.05) is 167 Å². The van der Waals surface area contributed by atoms with E-state index in [1.807, 2.05) is 0 Å². The van der Waals surface area contributed by atoms with Crippen LogP contribution in [0.3, 0.4) is 0 Å². The van der Waals surface area contributed by atoms with Crippen molar-refractivity contribution in [1.29, 1.82) is 0 Å². The molecule has 3 aliphatic rings. The van der Waals surface area contributed by atoms with Crippen molar-refractivity contribution in [3.63, 3.8) is 0 Å². The van der Waals surface area contributed by atoms with Crippen LogP contribution >= 0.6 is 0 Å². The van der Waals surface area contributed by atoms with E-state index >= 15 is 0 Å². The third kappa shape index (κ3) is 14.8. The fourth-order valence-corrected chi connectivity index (χ4v) is 18.6. The molecule has 0 aliphatic heterocycles. The SMILES string of the molecule is Cc1cc(C(C)C)ccc1-c1cc(C2CCCC2)c([Si](C)(C)C)c[n+]1C.Cc1cc(CC(C)C)ccc1-c1cc(C2CCCC2)c([Si](C)(C)C)c[n+]1C.Cc1ccc(-c2cc(C3CCCC3)c([Si](C)(C)C)c[n+]2C)c(C)c1. The van der Waals surface area contributed by atoms with Gasteiger partial charge in [-0.15, -0.1) is 0 Å². The van der Waals surface area contributed by atoms with Gasteiger partial charge in [-0.25, -0.2) is 13.7 Å². The van der Waals surface area contributed by atoms with Crippen LogP contribution in [-0.2, 0) is 27.6 Å². The molecule has 0 bridgehead atoms. The van der Waals surface area contributed by atoms with Crippen LogP contribution in [0.4, 0.5) is 0 Å². The van der Waals surface area contributed by atoms with Gasteiger partial charge in [0.25, 0.3) is 0 Å². The minimum Gasteiger partial charge on any atom is -0.201 e. The standard InChI is InChI=1S/C25H38NSi.C24H36NSi.C22H32NSi/c1-18(2)14-20-12-13-22(19(3)15-20)24-16-23(21-10-8-9-11-21)25(17-26(24)4)27(5,6)7;1-17(2)20-12-13-21(18(3)14-20)23-15-22(19-10-8-9-11-19)24(16-25(23)4)26(5,6)7;1-16-11-12-19(17(2)13-16)21-14-20(18-9-7-8-10-18)22(15-23(21)3)24(4,5)6/h12-13,15-18,21H,8-11,14H2,1-7H3;12-17,19H,8-11H2,1-7H3;11-15,18H,7-10H2,1-6H3/q3*+1. The molecule has 0 N–H and O–H groups in total. The molecule has 9 rings (SSSR count). The highest BCUT2D eigenvalue weighted by Gasteiger charge is 2.34. The maximum Gasteiger partial charge on any atom is 0.212 e. The zero-order valence-electron chi connectivity index (χ0n) is 52.6. The molecule has 3 aromatic heterocycles. The second-order valence-corrected chi connectivity index (χ2v) is 43.5. The highest BCUT2D eigenvalue weighted by molar-refractivity contribution is 6.89. The summed E-state index contributed by atoms with van der Waals surface area (Å²) in [7, 11) is 2.62. The van der Waals surface area contributed by atoms with E-state index in [2.05, 4.69) is 241 Å². The lowest BCUT2D eigenvalue weighted by Gasteiger charge is -2.23. The number of hydrogen-bond donors (Lipinski definition) is 0. The van der Waals surface area contributed by atoms with Crippen LogP contribution in [-0.4, -0.2) is 24.2 Å². The normalized spacial score (nSPS) is 15.8. The molecule has 3 nitrogen and oxygen atoms in total. The summed E-state index contributed by atoms with van der Waals surface area (Å²) in [6.07, 6.45) is 25.2. The molecule has 77 heavy (non-hydrogen) atoms. The Morgan fingerprint density at radius 3 is 1.04 bits per heavy atom. The van der Waals surface area contributed by atoms with Crippen LogP contribution in [0.5, 0.6) is 0 Å². The van der Waals surface area contributed by atoms with Gasteiger partial charge in [0, 0.05) is 50.4 Å². The minimum atomic E-state index is -1.36. The number of hydrogen-bond acceptors (Lipinski definition) is 0. The van der Waals surface area contributed by atoms with Crippen molar-refractivity contribution in [3.8, 4) is 33.8 Å². The number of pyridine rings is 3. The predicted octanol–water partition coefficient (Wildman–Crippen LogP) is 16.7. The topological polar surface area (TPSA) is 11.6 Å². The van der Waals surface area contributed by atoms with Crippen molar-refractivity contribution in [2.75, 3.05) is 0 Å². The van der Waals surface area contributed by atoms with Gasteiger partial charge in [0.15, 0.2) is 18.6 Å². The summed E-state index contributed by atoms with van der Waals surface area (Å²) in [5.41, 5.74) is 21.7. The number of aryl methyl sites for hydroxylation is 7. The van der Waals surface area contributed by atoms with Crippen molar-refractivity contribution >= 4 is 39.8 Å². The third-order valence-electron chi connectivity index (χ3n) is 17.8. The summed E-state index contributed by atoms with van der Waals surface area (Å²) >= 11 is 0. The molecule has 0 spiro atoms. The molecule has 0 amide bonds. The van der Waals surface area contributed by atoms with Gasteiger partial charge in [0.1, 0.15) is 21.1 Å². The van der Waals surface area contributed by atoms with Crippen LogP contribution in [0, 0.1) is 33.6 Å². The summed E-state index contributed by atoms with van der Waals surface area (Å²) in [6, 6.07) is 28.6. The van der Waals surface area contributed by atoms with E-state index in [4.69, 9.17) is 0 Å². The molecular weight excluding hydrogens is 979 g/mol. The van der Waals surface area contributed by atoms with Gasteiger partial charge in [0.2, 0.25) is 17.1 Å². The van der Waals surface area contributed by atoms with E-state index in [9.17, 15) is 0 Å².